The van der Waals surface area contributed by atoms with Crippen molar-refractivity contribution in [2.24, 2.45) is 0 Å². The van der Waals surface area contributed by atoms with E-state index < -0.39 is 5.97 Å². The van der Waals surface area contributed by atoms with Crippen LogP contribution in [0.3, 0.4) is 0 Å². The molecule has 1 N–H and O–H groups in total. The molecular formula is C58H70N2O6+2. The maximum absolute atomic E-state index is 13.0. The molecule has 66 heavy (non-hydrogen) atoms. The van der Waals surface area contributed by atoms with Crippen molar-refractivity contribution in [2.75, 3.05) is 31.1 Å². The maximum atomic E-state index is 13.0. The molecule has 8 nitrogen and oxygen atoms in total. The number of fused-ring (bicyclic) bond motifs is 4. The molecule has 346 valence electrons. The Morgan fingerprint density at radius 1 is 0.606 bits per heavy atom. The van der Waals surface area contributed by atoms with Gasteiger partial charge in [0.1, 0.15) is 36.1 Å². The highest BCUT2D eigenvalue weighted by Crippen LogP contribution is 2.45. The molecule has 0 bridgehead atoms. The first-order chi connectivity index (χ1) is 32.4. The zero-order valence-electron chi connectivity index (χ0n) is 39.8. The van der Waals surface area contributed by atoms with E-state index in [1.54, 1.807) is 18.2 Å². The molecule has 2 aromatic heterocycles. The predicted molar refractivity (Wildman–Crippen MR) is 274 cm³/mol. The summed E-state index contributed by atoms with van der Waals surface area (Å²) in [6.07, 6.45) is 18.9. The van der Waals surface area contributed by atoms with Crippen LogP contribution in [0.4, 0.5) is 5.69 Å². The Morgan fingerprint density at radius 2 is 1.18 bits per heavy atom. The van der Waals surface area contributed by atoms with E-state index in [1.165, 1.54) is 77.0 Å². The van der Waals surface area contributed by atoms with E-state index in [0.717, 1.165) is 101 Å². The van der Waals surface area contributed by atoms with Gasteiger partial charge in [0.2, 0.25) is 5.36 Å². The van der Waals surface area contributed by atoms with Gasteiger partial charge < -0.3 is 19.2 Å². The van der Waals surface area contributed by atoms with Crippen LogP contribution >= 0.6 is 0 Å². The van der Waals surface area contributed by atoms with E-state index in [1.807, 2.05) is 36.4 Å². The number of carbonyl (C=O) groups excluding carboxylic acids is 1. The quantitative estimate of drug-likeness (QED) is 0.0190. The Bertz CT molecular complexity index is 2800. The molecule has 0 saturated carbocycles. The summed E-state index contributed by atoms with van der Waals surface area (Å²) in [7, 11) is 0. The van der Waals surface area contributed by atoms with Crippen molar-refractivity contribution >= 4 is 62.0 Å². The topological polar surface area (TPSA) is 94.3 Å². The zero-order chi connectivity index (χ0) is 46.3. The highest BCUT2D eigenvalue weighted by molar-refractivity contribution is 6.17. The fraction of sp³-hybridized carbons (Fsp3) is 0.414. The lowest BCUT2D eigenvalue weighted by Gasteiger charge is -2.25. The number of aromatic carboxylic acids is 1. The van der Waals surface area contributed by atoms with Gasteiger partial charge in [-0.15, -0.1) is 0 Å². The molecule has 0 spiro atoms. The third-order valence-electron chi connectivity index (χ3n) is 13.1. The van der Waals surface area contributed by atoms with E-state index in [0.29, 0.717) is 40.1 Å². The Hall–Kier alpha value is -6.02. The van der Waals surface area contributed by atoms with Crippen molar-refractivity contribution in [3.8, 4) is 28.0 Å². The van der Waals surface area contributed by atoms with Gasteiger partial charge in [0.15, 0.2) is 0 Å². The van der Waals surface area contributed by atoms with Crippen LogP contribution in [-0.2, 0) is 4.79 Å². The number of carboxylic acid groups (broad SMARTS) is 1. The van der Waals surface area contributed by atoms with Gasteiger partial charge in [-0.05, 0) is 67.6 Å². The van der Waals surface area contributed by atoms with Crippen LogP contribution in [0, 0.1) is 0 Å². The second-order valence-electron chi connectivity index (χ2n) is 17.9. The number of nitrogens with zero attached hydrogens (tertiary/aromatic N) is 2. The first-order valence-corrected chi connectivity index (χ1v) is 25.0. The van der Waals surface area contributed by atoms with E-state index >= 15 is 0 Å². The van der Waals surface area contributed by atoms with E-state index in [-0.39, 0.29) is 5.56 Å². The number of para-hydroxylation sites is 1. The van der Waals surface area contributed by atoms with Crippen molar-refractivity contribution in [3.63, 3.8) is 0 Å². The second kappa shape index (κ2) is 24.0. The fourth-order valence-electron chi connectivity index (χ4n) is 9.60. The van der Waals surface area contributed by atoms with Crippen LogP contribution in [-0.4, -0.2) is 43.7 Å². The van der Waals surface area contributed by atoms with Crippen molar-refractivity contribution in [1.82, 2.24) is 4.58 Å². The molecular weight excluding hydrogens is 821 g/mol. The molecule has 0 aliphatic heterocycles. The SMILES string of the molecule is CCCCCCN(CCCCCC)c1ccc2c(-c3ccccc3OC=O)c3cc4c(-c5ccccc5C(=O)O)c5ccc(=[N+](CCCCCC)CCCCCC)cc5[o+]c4cc3oc2c1. The Balaban J connectivity index is 1.52. The molecule has 7 rings (SSSR count). The molecule has 0 aliphatic carbocycles. The van der Waals surface area contributed by atoms with Gasteiger partial charge in [-0.2, -0.15) is 0 Å². The molecule has 2 heterocycles. The highest BCUT2D eigenvalue weighted by atomic mass is 16.5. The van der Waals surface area contributed by atoms with Crippen LogP contribution in [0.1, 0.15) is 141 Å². The minimum Gasteiger partial charge on any atom is -0.478 e. The minimum atomic E-state index is -1.00. The van der Waals surface area contributed by atoms with Crippen LogP contribution in [0.25, 0.3) is 66.1 Å². The Labute approximate surface area is 390 Å². The average Bonchev–Trinajstić information content (AvgIpc) is 3.33. The molecule has 0 radical (unpaired) electrons. The number of hydrogen-bond donors (Lipinski definition) is 1. The molecule has 8 heteroatoms. The van der Waals surface area contributed by atoms with Gasteiger partial charge in [0, 0.05) is 71.2 Å². The van der Waals surface area contributed by atoms with Crippen LogP contribution < -0.4 is 19.6 Å². The molecule has 0 fully saturated rings. The summed E-state index contributed by atoms with van der Waals surface area (Å²) >= 11 is 0. The number of anilines is 1. The summed E-state index contributed by atoms with van der Waals surface area (Å²) in [5.74, 6) is -0.572. The molecule has 0 saturated heterocycles. The summed E-state index contributed by atoms with van der Waals surface area (Å²) in [4.78, 5) is 27.4. The van der Waals surface area contributed by atoms with E-state index in [9.17, 15) is 14.7 Å². The third-order valence-corrected chi connectivity index (χ3v) is 13.1. The van der Waals surface area contributed by atoms with Crippen molar-refractivity contribution in [1.29, 1.82) is 0 Å². The summed E-state index contributed by atoms with van der Waals surface area (Å²) in [5.41, 5.74) is 6.87. The number of hydrogen-bond acceptors (Lipinski definition) is 5. The molecule has 0 aliphatic rings. The third kappa shape index (κ3) is 11.3. The Kier molecular flexibility index (Phi) is 17.4. The number of rotatable bonds is 26. The van der Waals surface area contributed by atoms with Crippen LogP contribution in [0.15, 0.2) is 106 Å². The number of ether oxygens (including phenoxy) is 1. The summed E-state index contributed by atoms with van der Waals surface area (Å²) < 4.78 is 22.1. The lowest BCUT2D eigenvalue weighted by Crippen LogP contribution is -2.31. The highest BCUT2D eigenvalue weighted by Gasteiger charge is 2.27. The molecule has 5 aromatic carbocycles. The first-order valence-electron chi connectivity index (χ1n) is 25.0. The molecule has 0 atom stereocenters. The van der Waals surface area contributed by atoms with E-state index in [4.69, 9.17) is 13.6 Å². The molecule has 0 unspecified atom stereocenters. The lowest BCUT2D eigenvalue weighted by atomic mass is 9.91. The fourth-order valence-corrected chi connectivity index (χ4v) is 9.60. The number of unbranched alkanes of at least 4 members (excludes halogenated alkanes) is 12. The van der Waals surface area contributed by atoms with Crippen LogP contribution in [0.2, 0.25) is 0 Å². The minimum absolute atomic E-state index is 0.207. The smallest absolute Gasteiger partial charge is 0.368 e. The van der Waals surface area contributed by atoms with Gasteiger partial charge >= 0.3 is 17.1 Å². The molecule has 0 amide bonds. The average molecular weight is 891 g/mol. The monoisotopic (exact) mass is 891 g/mol. The van der Waals surface area contributed by atoms with Gasteiger partial charge in [-0.25, -0.2) is 13.8 Å². The summed E-state index contributed by atoms with van der Waals surface area (Å²) in [6.45, 7) is 13.3. The van der Waals surface area contributed by atoms with Gasteiger partial charge in [0.25, 0.3) is 6.47 Å². The second-order valence-corrected chi connectivity index (χ2v) is 17.9. The normalized spacial score (nSPS) is 11.5. The number of carbonyl (C=O) groups is 2. The Morgan fingerprint density at radius 3 is 1.83 bits per heavy atom. The molecule has 7 aromatic rings. The van der Waals surface area contributed by atoms with E-state index in [2.05, 4.69) is 79.6 Å². The maximum Gasteiger partial charge on any atom is 0.368 e. The van der Waals surface area contributed by atoms with Crippen molar-refractivity contribution in [3.05, 3.63) is 108 Å². The summed E-state index contributed by atoms with van der Waals surface area (Å²) in [5, 5.41) is 14.9. The summed E-state index contributed by atoms with van der Waals surface area (Å²) in [6, 6.07) is 31.8. The van der Waals surface area contributed by atoms with Crippen LogP contribution in [0.5, 0.6) is 5.75 Å². The van der Waals surface area contributed by atoms with Crippen molar-refractivity contribution < 1.29 is 28.3 Å². The van der Waals surface area contributed by atoms with Crippen molar-refractivity contribution in [2.45, 2.75) is 130 Å². The van der Waals surface area contributed by atoms with Gasteiger partial charge in [0.05, 0.1) is 22.4 Å². The zero-order valence-corrected chi connectivity index (χ0v) is 39.8. The lowest BCUT2D eigenvalue weighted by molar-refractivity contribution is -0.120. The predicted octanol–water partition coefficient (Wildman–Crippen LogP) is 15.2. The van der Waals surface area contributed by atoms with Gasteiger partial charge in [-0.3, -0.25) is 4.79 Å². The standard InChI is InChI=1S/C58H69N2O6/c1-5-9-13-21-33-59(34-22-14-10-6-2)42-29-31-47-52(37-42)65-54-40-55-50(39-49(54)56(47)44-25-17-18-26-45(44)58(62)63)57(46-27-19-20-28-51(46)64-41-61)48-32-30-43(38-53(48)66-55)60(35-23-15-11-7-3)36-24-16-12-8-4/h17-20,25-32,37-41H,5-16,21-24,33-36H2,1-4H3/q+1/p+1. The number of carboxylic acids is 1. The number of benzene rings is 5. The van der Waals surface area contributed by atoms with Gasteiger partial charge in [-0.1, -0.05) is 128 Å². The first kappa shape index (κ1) is 47.9. The largest absolute Gasteiger partial charge is 0.478 e.